The van der Waals surface area contributed by atoms with Crippen LogP contribution in [0, 0.1) is 35.0 Å². The zero-order valence-electron chi connectivity index (χ0n) is 16.4. The molecule has 0 unspecified atom stereocenters. The average molecular weight is 345 g/mol. The summed E-state index contributed by atoms with van der Waals surface area (Å²) in [4.78, 5) is 0. The fourth-order valence-electron chi connectivity index (χ4n) is 7.59. The van der Waals surface area contributed by atoms with Crippen LogP contribution in [-0.2, 0) is 0 Å². The van der Waals surface area contributed by atoms with Gasteiger partial charge in [0.1, 0.15) is 0 Å². The minimum Gasteiger partial charge on any atom is -0.392 e. The Bertz CT molecular complexity index is 601. The van der Waals surface area contributed by atoms with E-state index >= 15 is 0 Å². The van der Waals surface area contributed by atoms with Crippen molar-refractivity contribution in [3.05, 3.63) is 23.3 Å². The zero-order valence-corrected chi connectivity index (χ0v) is 16.4. The Morgan fingerprint density at radius 1 is 1.12 bits per heavy atom. The maximum absolute atomic E-state index is 10.6. The first-order valence-corrected chi connectivity index (χ1v) is 10.5. The first-order valence-electron chi connectivity index (χ1n) is 10.5. The molecule has 3 fully saturated rings. The van der Waals surface area contributed by atoms with E-state index in [1.54, 1.807) is 11.1 Å². The summed E-state index contributed by atoms with van der Waals surface area (Å²) in [5, 5.41) is 20.2. The molecule has 25 heavy (non-hydrogen) atoms. The third-order valence-electron chi connectivity index (χ3n) is 8.81. The molecule has 4 aliphatic rings. The lowest BCUT2D eigenvalue weighted by molar-refractivity contribution is -0.0319. The van der Waals surface area contributed by atoms with Gasteiger partial charge in [-0.05, 0) is 106 Å². The molecule has 0 saturated heterocycles. The molecule has 0 spiro atoms. The lowest BCUT2D eigenvalue weighted by Gasteiger charge is -2.55. The van der Waals surface area contributed by atoms with Gasteiger partial charge in [-0.15, -0.1) is 0 Å². The highest BCUT2D eigenvalue weighted by molar-refractivity contribution is 5.27. The predicted octanol–water partition coefficient (Wildman–Crippen LogP) is 4.86. The fourth-order valence-corrected chi connectivity index (χ4v) is 7.59. The smallest absolute Gasteiger partial charge is 0.0657 e. The topological polar surface area (TPSA) is 40.5 Å². The van der Waals surface area contributed by atoms with Crippen LogP contribution in [0.3, 0.4) is 0 Å². The predicted molar refractivity (Wildman–Crippen MR) is 102 cm³/mol. The van der Waals surface area contributed by atoms with Gasteiger partial charge >= 0.3 is 0 Å². The average Bonchev–Trinajstić information content (AvgIpc) is 2.91. The van der Waals surface area contributed by atoms with Crippen molar-refractivity contribution in [2.24, 2.45) is 35.0 Å². The first kappa shape index (κ1) is 17.8. The van der Waals surface area contributed by atoms with E-state index < -0.39 is 5.60 Å². The second kappa shape index (κ2) is 5.96. The summed E-state index contributed by atoms with van der Waals surface area (Å²) < 4.78 is 0. The largest absolute Gasteiger partial charge is 0.392 e. The highest BCUT2D eigenvalue weighted by atomic mass is 16.3. The minimum absolute atomic E-state index is 0.155. The second-order valence-electron chi connectivity index (χ2n) is 10.3. The molecule has 0 radical (unpaired) electrons. The van der Waals surface area contributed by atoms with Crippen LogP contribution in [0.1, 0.15) is 72.1 Å². The van der Waals surface area contributed by atoms with E-state index in [4.69, 9.17) is 0 Å². The van der Waals surface area contributed by atoms with E-state index in [1.165, 1.54) is 38.5 Å². The minimum atomic E-state index is -0.486. The Kier molecular flexibility index (Phi) is 4.24. The number of hydrogen-bond acceptors (Lipinski definition) is 2. The molecule has 4 rings (SSSR count). The van der Waals surface area contributed by atoms with Gasteiger partial charge in [0.25, 0.3) is 0 Å². The van der Waals surface area contributed by atoms with Crippen molar-refractivity contribution in [2.75, 3.05) is 6.61 Å². The van der Waals surface area contributed by atoms with E-state index in [2.05, 4.69) is 20.4 Å². The van der Waals surface area contributed by atoms with Crippen LogP contribution in [0.5, 0.6) is 0 Å². The number of allylic oxidation sites excluding steroid dienone is 1. The maximum atomic E-state index is 10.6. The van der Waals surface area contributed by atoms with Crippen molar-refractivity contribution in [3.63, 3.8) is 0 Å². The van der Waals surface area contributed by atoms with Crippen molar-refractivity contribution >= 4 is 0 Å². The van der Waals surface area contributed by atoms with Crippen molar-refractivity contribution in [1.29, 1.82) is 0 Å². The van der Waals surface area contributed by atoms with Crippen LogP contribution < -0.4 is 0 Å². The Morgan fingerprint density at radius 2 is 1.88 bits per heavy atom. The number of aliphatic hydroxyl groups is 2. The van der Waals surface area contributed by atoms with E-state index in [9.17, 15) is 10.2 Å². The summed E-state index contributed by atoms with van der Waals surface area (Å²) in [5.41, 5.74) is 4.12. The molecule has 2 N–H and O–H groups in total. The number of hydrogen-bond donors (Lipinski definition) is 2. The van der Waals surface area contributed by atoms with Crippen LogP contribution in [0.25, 0.3) is 0 Å². The SMILES string of the molecule is C=C(CO)[C@H]1CC[C@H]2[C@@H]3CC(C)=C4C[C@](C)(O)CC[C@@H]4[C@H]3CC[C@]12C. The van der Waals surface area contributed by atoms with Crippen molar-refractivity contribution in [1.82, 2.24) is 0 Å². The molecule has 7 atom stereocenters. The monoisotopic (exact) mass is 344 g/mol. The lowest BCUT2D eigenvalue weighted by atomic mass is 9.50. The van der Waals surface area contributed by atoms with Crippen molar-refractivity contribution < 1.29 is 10.2 Å². The van der Waals surface area contributed by atoms with Crippen molar-refractivity contribution in [3.8, 4) is 0 Å². The van der Waals surface area contributed by atoms with Crippen LogP contribution in [0.15, 0.2) is 23.3 Å². The number of fused-ring (bicyclic) bond motifs is 5. The molecule has 0 aromatic heterocycles. The summed E-state index contributed by atoms with van der Waals surface area (Å²) in [6.07, 6.45) is 9.44. The molecule has 4 aliphatic carbocycles. The standard InChI is InChI=1S/C23H36O2/c1-14-11-18-16(17-7-9-22(3,25)12-19(14)17)8-10-23(4)20(15(2)13-24)5-6-21(18)23/h16-18,20-21,24-25H,2,5-13H2,1,3-4H3/t16-,17-,18-,20-,21+,22-,23-/m1/s1. The highest BCUT2D eigenvalue weighted by Crippen LogP contribution is 2.65. The van der Waals surface area contributed by atoms with Gasteiger partial charge in [0.2, 0.25) is 0 Å². The number of aliphatic hydroxyl groups excluding tert-OH is 1. The van der Waals surface area contributed by atoms with Gasteiger partial charge in [-0.25, -0.2) is 0 Å². The molecule has 0 amide bonds. The molecule has 3 saturated carbocycles. The van der Waals surface area contributed by atoms with E-state index in [0.717, 1.165) is 42.1 Å². The zero-order chi connectivity index (χ0) is 18.0. The Morgan fingerprint density at radius 3 is 2.60 bits per heavy atom. The third-order valence-corrected chi connectivity index (χ3v) is 8.81. The van der Waals surface area contributed by atoms with E-state index in [-0.39, 0.29) is 6.61 Å². The Balaban J connectivity index is 1.63. The number of rotatable bonds is 2. The first-order chi connectivity index (χ1) is 11.8. The third kappa shape index (κ3) is 2.67. The van der Waals surface area contributed by atoms with Gasteiger partial charge < -0.3 is 10.2 Å². The normalized spacial score (nSPS) is 49.4. The summed E-state index contributed by atoms with van der Waals surface area (Å²) in [5.74, 6) is 3.67. The van der Waals surface area contributed by atoms with Crippen LogP contribution in [0.4, 0.5) is 0 Å². The summed E-state index contributed by atoms with van der Waals surface area (Å²) in [7, 11) is 0. The summed E-state index contributed by atoms with van der Waals surface area (Å²) in [6.45, 7) is 11.2. The van der Waals surface area contributed by atoms with Gasteiger partial charge in [0.15, 0.2) is 0 Å². The molecule has 0 aromatic carbocycles. The lowest BCUT2D eigenvalue weighted by Crippen LogP contribution is -2.48. The van der Waals surface area contributed by atoms with E-state index in [0.29, 0.717) is 11.3 Å². The van der Waals surface area contributed by atoms with Crippen LogP contribution >= 0.6 is 0 Å². The molecule has 2 heteroatoms. The molecular formula is C23H36O2. The fraction of sp³-hybridized carbons (Fsp3) is 0.826. The van der Waals surface area contributed by atoms with Gasteiger partial charge in [0.05, 0.1) is 12.2 Å². The molecule has 0 aromatic rings. The van der Waals surface area contributed by atoms with Crippen LogP contribution in [0.2, 0.25) is 0 Å². The molecule has 140 valence electrons. The molecule has 0 heterocycles. The summed E-state index contributed by atoms with van der Waals surface area (Å²) >= 11 is 0. The van der Waals surface area contributed by atoms with Gasteiger partial charge in [0, 0.05) is 0 Å². The molecule has 0 aliphatic heterocycles. The quantitative estimate of drug-likeness (QED) is 0.702. The van der Waals surface area contributed by atoms with Crippen LogP contribution in [-0.4, -0.2) is 22.4 Å². The van der Waals surface area contributed by atoms with Gasteiger partial charge in [-0.2, -0.15) is 0 Å². The molecular weight excluding hydrogens is 308 g/mol. The second-order valence-corrected chi connectivity index (χ2v) is 10.3. The van der Waals surface area contributed by atoms with E-state index in [1.807, 2.05) is 6.92 Å². The Labute approximate surface area is 153 Å². The van der Waals surface area contributed by atoms with Gasteiger partial charge in [-0.3, -0.25) is 0 Å². The van der Waals surface area contributed by atoms with Gasteiger partial charge in [-0.1, -0.05) is 24.6 Å². The molecule has 0 bridgehead atoms. The Hall–Kier alpha value is -0.600. The maximum Gasteiger partial charge on any atom is 0.0657 e. The summed E-state index contributed by atoms with van der Waals surface area (Å²) in [6, 6.07) is 0. The molecule has 2 nitrogen and oxygen atoms in total. The van der Waals surface area contributed by atoms with Crippen molar-refractivity contribution in [2.45, 2.75) is 77.7 Å². The highest BCUT2D eigenvalue weighted by Gasteiger charge is 2.57.